The Morgan fingerprint density at radius 3 is 2.71 bits per heavy atom. The molecule has 2 heterocycles. The molecule has 124 valence electrons. The molecule has 2 aromatic heterocycles. The van der Waals surface area contributed by atoms with E-state index in [9.17, 15) is 9.59 Å². The normalized spacial score (nSPS) is 11.2. The monoisotopic (exact) mass is 358 g/mol. The highest BCUT2D eigenvalue weighted by molar-refractivity contribution is 7.99. The molecular formula is C18H18N2O2S2. The number of ketones is 1. The van der Waals surface area contributed by atoms with E-state index in [0.717, 1.165) is 32.0 Å². The highest BCUT2D eigenvalue weighted by Crippen LogP contribution is 2.27. The summed E-state index contributed by atoms with van der Waals surface area (Å²) < 4.78 is 0. The molecule has 3 aromatic rings. The van der Waals surface area contributed by atoms with Gasteiger partial charge in [0, 0.05) is 10.4 Å². The molecule has 0 aliphatic heterocycles. The Morgan fingerprint density at radius 2 is 2.00 bits per heavy atom. The highest BCUT2D eigenvalue weighted by atomic mass is 32.2. The summed E-state index contributed by atoms with van der Waals surface area (Å²) in [5.41, 5.74) is 3.67. The number of aromatic amines is 1. The van der Waals surface area contributed by atoms with Gasteiger partial charge in [-0.05, 0) is 38.8 Å². The number of rotatable bonds is 4. The minimum atomic E-state index is -0.136. The smallest absolute Gasteiger partial charge is 0.260 e. The van der Waals surface area contributed by atoms with Crippen LogP contribution in [0.2, 0.25) is 0 Å². The number of fused-ring (bicyclic) bond motifs is 1. The fourth-order valence-electron chi connectivity index (χ4n) is 2.64. The Kier molecular flexibility index (Phi) is 4.60. The van der Waals surface area contributed by atoms with Crippen molar-refractivity contribution in [1.29, 1.82) is 0 Å². The molecule has 0 aliphatic rings. The van der Waals surface area contributed by atoms with Crippen molar-refractivity contribution in [2.45, 2.75) is 32.9 Å². The molecular weight excluding hydrogens is 340 g/mol. The lowest BCUT2D eigenvalue weighted by Gasteiger charge is -2.06. The molecule has 0 amide bonds. The van der Waals surface area contributed by atoms with Crippen molar-refractivity contribution < 1.29 is 4.79 Å². The number of benzene rings is 1. The largest absolute Gasteiger partial charge is 0.301 e. The number of Topliss-reactive ketones (excluding diaryl/α,β-unsaturated/α-hetero) is 1. The van der Waals surface area contributed by atoms with Gasteiger partial charge in [0.05, 0.1) is 11.1 Å². The van der Waals surface area contributed by atoms with E-state index in [1.165, 1.54) is 23.1 Å². The molecule has 0 aliphatic carbocycles. The van der Waals surface area contributed by atoms with Gasteiger partial charge >= 0.3 is 0 Å². The van der Waals surface area contributed by atoms with Gasteiger partial charge in [-0.25, -0.2) is 4.98 Å². The molecule has 1 aromatic carbocycles. The first-order valence-corrected chi connectivity index (χ1v) is 9.40. The van der Waals surface area contributed by atoms with Gasteiger partial charge in [0.1, 0.15) is 4.83 Å². The van der Waals surface area contributed by atoms with Crippen LogP contribution in [-0.4, -0.2) is 21.5 Å². The quantitative estimate of drug-likeness (QED) is 0.431. The molecule has 6 heteroatoms. The van der Waals surface area contributed by atoms with Crippen LogP contribution in [0.15, 0.2) is 28.2 Å². The summed E-state index contributed by atoms with van der Waals surface area (Å²) in [5, 5.41) is 1.15. The Labute approximate surface area is 148 Å². The van der Waals surface area contributed by atoms with E-state index in [-0.39, 0.29) is 17.1 Å². The van der Waals surface area contributed by atoms with Crippen molar-refractivity contribution >= 4 is 39.1 Å². The van der Waals surface area contributed by atoms with E-state index in [0.29, 0.717) is 10.5 Å². The second-order valence-electron chi connectivity index (χ2n) is 5.86. The molecule has 0 radical (unpaired) electrons. The number of nitrogens with one attached hydrogen (secondary N) is 1. The number of aromatic nitrogens is 2. The van der Waals surface area contributed by atoms with Gasteiger partial charge in [-0.3, -0.25) is 9.59 Å². The van der Waals surface area contributed by atoms with Gasteiger partial charge < -0.3 is 4.98 Å². The van der Waals surface area contributed by atoms with Gasteiger partial charge in [0.15, 0.2) is 10.9 Å². The van der Waals surface area contributed by atoms with Gasteiger partial charge in [-0.1, -0.05) is 35.5 Å². The zero-order chi connectivity index (χ0) is 17.4. The van der Waals surface area contributed by atoms with Crippen molar-refractivity contribution in [2.24, 2.45) is 0 Å². The number of carbonyl (C=O) groups is 1. The van der Waals surface area contributed by atoms with Gasteiger partial charge in [-0.2, -0.15) is 0 Å². The van der Waals surface area contributed by atoms with Crippen LogP contribution < -0.4 is 5.56 Å². The molecule has 0 fully saturated rings. The minimum Gasteiger partial charge on any atom is -0.301 e. The standard InChI is InChI=1S/C18H18N2O2S2/c1-9-5-6-13(10(2)7-9)14(21)8-23-18-19-16(22)15-11(3)12(4)24-17(15)20-18/h5-7H,8H2,1-4H3,(H,19,20,22). The van der Waals surface area contributed by atoms with E-state index < -0.39 is 0 Å². The van der Waals surface area contributed by atoms with Crippen LogP contribution in [0.3, 0.4) is 0 Å². The van der Waals surface area contributed by atoms with Crippen LogP contribution in [0.5, 0.6) is 0 Å². The molecule has 0 saturated heterocycles. The molecule has 3 rings (SSSR count). The third-order valence-electron chi connectivity index (χ3n) is 4.04. The van der Waals surface area contributed by atoms with Crippen molar-refractivity contribution in [1.82, 2.24) is 9.97 Å². The van der Waals surface area contributed by atoms with Crippen molar-refractivity contribution in [3.8, 4) is 0 Å². The third-order valence-corrected chi connectivity index (χ3v) is 6.01. The summed E-state index contributed by atoms with van der Waals surface area (Å²) in [6, 6.07) is 5.80. The van der Waals surface area contributed by atoms with Gasteiger partial charge in [-0.15, -0.1) is 11.3 Å². The molecule has 0 atom stereocenters. The molecule has 0 bridgehead atoms. The predicted octanol–water partition coefficient (Wildman–Crippen LogP) is 4.19. The predicted molar refractivity (Wildman–Crippen MR) is 101 cm³/mol. The van der Waals surface area contributed by atoms with Crippen LogP contribution in [0.1, 0.15) is 31.9 Å². The number of hydrogen-bond acceptors (Lipinski definition) is 5. The number of hydrogen-bond donors (Lipinski definition) is 1. The maximum atomic E-state index is 12.4. The number of thioether (sulfide) groups is 1. The second-order valence-corrected chi connectivity index (χ2v) is 8.03. The van der Waals surface area contributed by atoms with Gasteiger partial charge in [0.25, 0.3) is 5.56 Å². The number of H-pyrrole nitrogens is 1. The van der Waals surface area contributed by atoms with E-state index >= 15 is 0 Å². The maximum absolute atomic E-state index is 12.4. The number of nitrogens with zero attached hydrogens (tertiary/aromatic N) is 1. The summed E-state index contributed by atoms with van der Waals surface area (Å²) in [4.78, 5) is 33.8. The zero-order valence-corrected chi connectivity index (χ0v) is 15.7. The SMILES string of the molecule is Cc1ccc(C(=O)CSc2nc3sc(C)c(C)c3c(=O)[nH]2)c(C)c1. The van der Waals surface area contributed by atoms with E-state index in [1.807, 2.05) is 45.9 Å². The van der Waals surface area contributed by atoms with Crippen LogP contribution in [-0.2, 0) is 0 Å². The molecule has 4 nitrogen and oxygen atoms in total. The second kappa shape index (κ2) is 6.53. The summed E-state index contributed by atoms with van der Waals surface area (Å²) in [7, 11) is 0. The Balaban J connectivity index is 1.83. The van der Waals surface area contributed by atoms with E-state index in [2.05, 4.69) is 9.97 Å². The fourth-order valence-corrected chi connectivity index (χ4v) is 4.47. The Hall–Kier alpha value is -1.92. The maximum Gasteiger partial charge on any atom is 0.260 e. The van der Waals surface area contributed by atoms with E-state index in [4.69, 9.17) is 0 Å². The molecule has 24 heavy (non-hydrogen) atoms. The molecule has 0 unspecified atom stereocenters. The molecule has 0 saturated carbocycles. The lowest BCUT2D eigenvalue weighted by Crippen LogP contribution is -2.10. The van der Waals surface area contributed by atoms with Crippen LogP contribution in [0, 0.1) is 27.7 Å². The Morgan fingerprint density at radius 1 is 1.25 bits per heavy atom. The first-order chi connectivity index (χ1) is 11.4. The number of thiophene rings is 1. The molecule has 1 N–H and O–H groups in total. The van der Waals surface area contributed by atoms with Gasteiger partial charge in [0.2, 0.25) is 0 Å². The fraction of sp³-hybridized carbons (Fsp3) is 0.278. The summed E-state index contributed by atoms with van der Waals surface area (Å²) in [6.45, 7) is 7.86. The van der Waals surface area contributed by atoms with E-state index in [1.54, 1.807) is 0 Å². The lowest BCUT2D eigenvalue weighted by molar-refractivity contribution is 0.102. The average molecular weight is 358 g/mol. The number of carbonyl (C=O) groups excluding carboxylic acids is 1. The third kappa shape index (κ3) is 3.16. The summed E-state index contributed by atoms with van der Waals surface area (Å²) in [5.74, 6) is 0.292. The Bertz CT molecular complexity index is 1000. The van der Waals surface area contributed by atoms with Crippen LogP contribution in [0.4, 0.5) is 0 Å². The average Bonchev–Trinajstić information content (AvgIpc) is 2.80. The first-order valence-electron chi connectivity index (χ1n) is 7.60. The minimum absolute atomic E-state index is 0.0405. The topological polar surface area (TPSA) is 62.8 Å². The first kappa shape index (κ1) is 16.9. The number of aryl methyl sites for hydroxylation is 4. The van der Waals surface area contributed by atoms with Crippen LogP contribution >= 0.6 is 23.1 Å². The van der Waals surface area contributed by atoms with Crippen LogP contribution in [0.25, 0.3) is 10.2 Å². The summed E-state index contributed by atoms with van der Waals surface area (Å²) >= 11 is 2.78. The van der Waals surface area contributed by atoms with Crippen molar-refractivity contribution in [3.63, 3.8) is 0 Å². The molecule has 0 spiro atoms. The summed E-state index contributed by atoms with van der Waals surface area (Å²) in [6.07, 6.45) is 0. The zero-order valence-electron chi connectivity index (χ0n) is 14.0. The van der Waals surface area contributed by atoms with Crippen molar-refractivity contribution in [3.05, 3.63) is 55.7 Å². The highest BCUT2D eigenvalue weighted by Gasteiger charge is 2.14. The van der Waals surface area contributed by atoms with Crippen molar-refractivity contribution in [2.75, 3.05) is 5.75 Å². The lowest BCUT2D eigenvalue weighted by atomic mass is 10.0.